The molecule has 0 bridgehead atoms. The second-order valence-corrected chi connectivity index (χ2v) is 9.39. The summed E-state index contributed by atoms with van der Waals surface area (Å²) in [7, 11) is -3.07. The van der Waals surface area contributed by atoms with Crippen LogP contribution in [0, 0.1) is 5.92 Å². The minimum Gasteiger partial charge on any atom is -0.381 e. The molecule has 0 aromatic heterocycles. The maximum Gasteiger partial charge on any atom is 0.213 e. The monoisotopic (exact) mass is 532 g/mol. The molecule has 2 heterocycles. The molecule has 0 spiro atoms. The van der Waals surface area contributed by atoms with Crippen molar-refractivity contribution in [2.24, 2.45) is 10.9 Å². The summed E-state index contributed by atoms with van der Waals surface area (Å²) in [5.74, 6) is 1.53. The Morgan fingerprint density at radius 3 is 2.61 bits per heavy atom. The van der Waals surface area contributed by atoms with E-state index in [1.54, 1.807) is 11.2 Å². The van der Waals surface area contributed by atoms with Crippen LogP contribution in [0.25, 0.3) is 0 Å². The van der Waals surface area contributed by atoms with E-state index < -0.39 is 10.0 Å². The number of nitrogens with one attached hydrogen (secondary N) is 2. The van der Waals surface area contributed by atoms with E-state index in [1.165, 1.54) is 0 Å². The van der Waals surface area contributed by atoms with Gasteiger partial charge in [0, 0.05) is 51.4 Å². The van der Waals surface area contributed by atoms with Crippen LogP contribution in [0.15, 0.2) is 4.99 Å². The topological polar surface area (TPSA) is 92.3 Å². The number of nitrogens with zero attached hydrogens (tertiary/aromatic N) is 2. The van der Waals surface area contributed by atoms with Gasteiger partial charge < -0.3 is 20.1 Å². The van der Waals surface area contributed by atoms with Crippen LogP contribution in [-0.4, -0.2) is 83.1 Å². The Kier molecular flexibility index (Phi) is 12.9. The molecule has 2 rings (SSSR count). The summed E-state index contributed by atoms with van der Waals surface area (Å²) in [5, 5.41) is 6.71. The molecule has 10 heteroatoms. The van der Waals surface area contributed by atoms with Crippen molar-refractivity contribution >= 4 is 40.0 Å². The number of hydrogen-bond acceptors (Lipinski definition) is 5. The maximum absolute atomic E-state index is 11.9. The normalized spacial score (nSPS) is 22.1. The van der Waals surface area contributed by atoms with Crippen molar-refractivity contribution in [3.63, 3.8) is 0 Å². The van der Waals surface area contributed by atoms with Crippen molar-refractivity contribution in [1.82, 2.24) is 14.9 Å². The second-order valence-electron chi connectivity index (χ2n) is 7.14. The molecule has 0 saturated carbocycles. The largest absolute Gasteiger partial charge is 0.381 e. The molecule has 0 aromatic rings. The quantitative estimate of drug-likeness (QED) is 0.192. The number of sulfonamides is 1. The van der Waals surface area contributed by atoms with Gasteiger partial charge in [0.25, 0.3) is 0 Å². The first-order valence-electron chi connectivity index (χ1n) is 10.2. The van der Waals surface area contributed by atoms with E-state index in [1.807, 2.05) is 6.92 Å². The lowest BCUT2D eigenvalue weighted by molar-refractivity contribution is 0.0893. The van der Waals surface area contributed by atoms with E-state index >= 15 is 0 Å². The van der Waals surface area contributed by atoms with Crippen LogP contribution in [0.2, 0.25) is 0 Å². The molecule has 2 N–H and O–H groups in total. The second kappa shape index (κ2) is 13.9. The van der Waals surface area contributed by atoms with Crippen molar-refractivity contribution < 1.29 is 17.9 Å². The zero-order valence-electron chi connectivity index (χ0n) is 17.2. The number of guanidine groups is 1. The van der Waals surface area contributed by atoms with Gasteiger partial charge in [-0.3, -0.25) is 4.99 Å². The molecule has 2 saturated heterocycles. The first-order valence-corrected chi connectivity index (χ1v) is 11.8. The van der Waals surface area contributed by atoms with Gasteiger partial charge in [-0.2, -0.15) is 0 Å². The Morgan fingerprint density at radius 2 is 2.00 bits per heavy atom. The Bertz CT molecular complexity index is 548. The molecule has 1 unspecified atom stereocenters. The number of hydrogen-bond donors (Lipinski definition) is 2. The van der Waals surface area contributed by atoms with Crippen LogP contribution in [0.4, 0.5) is 0 Å². The molecule has 0 aliphatic carbocycles. The summed E-state index contributed by atoms with van der Waals surface area (Å²) in [5.41, 5.74) is 0. The first-order chi connectivity index (χ1) is 13.0. The van der Waals surface area contributed by atoms with Gasteiger partial charge in [-0.15, -0.1) is 24.0 Å². The van der Waals surface area contributed by atoms with E-state index in [0.29, 0.717) is 32.2 Å². The van der Waals surface area contributed by atoms with Gasteiger partial charge in [0.2, 0.25) is 10.0 Å². The highest BCUT2D eigenvalue weighted by molar-refractivity contribution is 14.0. The molecular weight excluding hydrogens is 495 g/mol. The highest BCUT2D eigenvalue weighted by atomic mass is 127. The molecular formula is C18H37IN4O4S. The van der Waals surface area contributed by atoms with Gasteiger partial charge >= 0.3 is 0 Å². The van der Waals surface area contributed by atoms with Crippen LogP contribution in [0.1, 0.15) is 39.5 Å². The van der Waals surface area contributed by atoms with Crippen LogP contribution >= 0.6 is 24.0 Å². The van der Waals surface area contributed by atoms with Gasteiger partial charge in [0.1, 0.15) is 0 Å². The summed E-state index contributed by atoms with van der Waals surface area (Å²) >= 11 is 0. The standard InChI is InChI=1S/C18H36N4O4S.HI/c1-3-19-18(20-9-5-12-25-14-16-8-13-26-15-16)21-17-6-10-22(11-7-17)27(23,24)4-2;/h16-17H,3-15H2,1-2H3,(H2,19,20,21);1H. The predicted molar refractivity (Wildman–Crippen MR) is 123 cm³/mol. The summed E-state index contributed by atoms with van der Waals surface area (Å²) in [6, 6.07) is 0.254. The summed E-state index contributed by atoms with van der Waals surface area (Å²) in [4.78, 5) is 4.62. The zero-order valence-corrected chi connectivity index (χ0v) is 20.3. The van der Waals surface area contributed by atoms with Crippen molar-refractivity contribution in [3.05, 3.63) is 0 Å². The molecule has 2 aliphatic heterocycles. The Labute approximate surface area is 187 Å². The van der Waals surface area contributed by atoms with Gasteiger partial charge in [0.15, 0.2) is 5.96 Å². The number of piperidine rings is 1. The molecule has 2 aliphatic rings. The Morgan fingerprint density at radius 1 is 1.25 bits per heavy atom. The predicted octanol–water partition coefficient (Wildman–Crippen LogP) is 1.42. The molecule has 0 aromatic carbocycles. The maximum atomic E-state index is 11.9. The highest BCUT2D eigenvalue weighted by Crippen LogP contribution is 2.14. The molecule has 0 amide bonds. The minimum atomic E-state index is -3.07. The van der Waals surface area contributed by atoms with Crippen LogP contribution in [-0.2, 0) is 19.5 Å². The number of ether oxygens (including phenoxy) is 2. The first kappa shape index (κ1) is 25.9. The third-order valence-corrected chi connectivity index (χ3v) is 6.87. The lowest BCUT2D eigenvalue weighted by Crippen LogP contribution is -2.50. The average Bonchev–Trinajstić information content (AvgIpc) is 3.18. The molecule has 0 radical (unpaired) electrons. The lowest BCUT2D eigenvalue weighted by Gasteiger charge is -2.32. The number of aliphatic imine (C=N–C) groups is 1. The fraction of sp³-hybridized carbons (Fsp3) is 0.944. The van der Waals surface area contributed by atoms with E-state index in [2.05, 4.69) is 15.6 Å². The zero-order chi connectivity index (χ0) is 19.5. The highest BCUT2D eigenvalue weighted by Gasteiger charge is 2.26. The molecule has 28 heavy (non-hydrogen) atoms. The average molecular weight is 532 g/mol. The van der Waals surface area contributed by atoms with Gasteiger partial charge in [-0.1, -0.05) is 0 Å². The number of halogens is 1. The minimum absolute atomic E-state index is 0. The smallest absolute Gasteiger partial charge is 0.213 e. The summed E-state index contributed by atoms with van der Waals surface area (Å²) in [6.07, 6.45) is 3.59. The Balaban J connectivity index is 0.00000392. The van der Waals surface area contributed by atoms with Crippen LogP contribution in [0.3, 0.4) is 0 Å². The van der Waals surface area contributed by atoms with Crippen LogP contribution < -0.4 is 10.6 Å². The lowest BCUT2D eigenvalue weighted by atomic mass is 10.1. The van der Waals surface area contributed by atoms with Gasteiger partial charge in [0.05, 0.1) is 19.0 Å². The van der Waals surface area contributed by atoms with Crippen molar-refractivity contribution in [2.75, 3.05) is 58.4 Å². The van der Waals surface area contributed by atoms with Gasteiger partial charge in [-0.05, 0) is 39.5 Å². The van der Waals surface area contributed by atoms with Crippen LogP contribution in [0.5, 0.6) is 0 Å². The van der Waals surface area contributed by atoms with E-state index in [4.69, 9.17) is 9.47 Å². The fourth-order valence-electron chi connectivity index (χ4n) is 3.30. The molecule has 2 fully saturated rings. The molecule has 166 valence electrons. The van der Waals surface area contributed by atoms with Gasteiger partial charge in [-0.25, -0.2) is 12.7 Å². The van der Waals surface area contributed by atoms with Crippen molar-refractivity contribution in [3.8, 4) is 0 Å². The van der Waals surface area contributed by atoms with E-state index in [0.717, 1.165) is 58.0 Å². The number of rotatable bonds is 10. The third-order valence-electron chi connectivity index (χ3n) is 4.99. The van der Waals surface area contributed by atoms with E-state index in [-0.39, 0.29) is 35.8 Å². The molecule has 8 nitrogen and oxygen atoms in total. The third kappa shape index (κ3) is 9.10. The summed E-state index contributed by atoms with van der Waals surface area (Å²) in [6.45, 7) is 9.57. The van der Waals surface area contributed by atoms with Crippen molar-refractivity contribution in [1.29, 1.82) is 0 Å². The SMILES string of the molecule is CCNC(=NCCCOCC1CCOC1)NC1CCN(S(=O)(=O)CC)CC1.I. The van der Waals surface area contributed by atoms with E-state index in [9.17, 15) is 8.42 Å². The fourth-order valence-corrected chi connectivity index (χ4v) is 4.43. The Hall–Kier alpha value is -0.170. The van der Waals surface area contributed by atoms with Crippen molar-refractivity contribution in [2.45, 2.75) is 45.6 Å². The molecule has 1 atom stereocenters. The summed E-state index contributed by atoms with van der Waals surface area (Å²) < 4.78 is 36.5.